The molecule has 4 bridgehead atoms. The predicted molar refractivity (Wildman–Crippen MR) is 153 cm³/mol. The average Bonchev–Trinajstić information content (AvgIpc) is 3.40. The van der Waals surface area contributed by atoms with Crippen molar-refractivity contribution in [3.63, 3.8) is 0 Å². The van der Waals surface area contributed by atoms with E-state index < -0.39 is 23.2 Å². The molecule has 0 N–H and O–H groups in total. The van der Waals surface area contributed by atoms with Crippen LogP contribution in [0, 0.1) is 23.2 Å². The van der Waals surface area contributed by atoms with Gasteiger partial charge in [-0.2, -0.15) is 0 Å². The van der Waals surface area contributed by atoms with E-state index in [1.807, 2.05) is 8.85 Å². The van der Waals surface area contributed by atoms with E-state index in [2.05, 4.69) is 90.1 Å². The van der Waals surface area contributed by atoms with Crippen LogP contribution in [0.3, 0.4) is 0 Å². The topological polar surface area (TPSA) is 0 Å². The molecule has 0 spiro atoms. The first-order valence-corrected chi connectivity index (χ1v) is 17.6. The summed E-state index contributed by atoms with van der Waals surface area (Å²) in [4.78, 5) is 0. The molecule has 0 saturated heterocycles. The standard InChI is InChI=1S/C21H25.C15H19.2ClH.Zr/c1-20(2,3)16-7-9-18-14(12-16)11-15-13-17(21(4,5)6)8-10-19(15)18;1-2-4-14(3-1)15-8-11-5-12(9-15)7-13(6-11)10-15;;;/h7-13H,1-6H3;1,3,11-13H,2,5-10H2;2*1H;/q;;;;+2/p-2. The molecule has 39 heavy (non-hydrogen) atoms. The Labute approximate surface area is 261 Å². The Bertz CT molecular complexity index is 1230. The molecule has 4 saturated carbocycles. The maximum absolute atomic E-state index is 2.64. The molecule has 3 heteroatoms. The molecule has 4 fully saturated rings. The van der Waals surface area contributed by atoms with Crippen LogP contribution in [-0.2, 0) is 34.1 Å². The van der Waals surface area contributed by atoms with Gasteiger partial charge in [0.2, 0.25) is 0 Å². The van der Waals surface area contributed by atoms with Gasteiger partial charge in [-0.1, -0.05) is 0 Å². The van der Waals surface area contributed by atoms with E-state index in [-0.39, 0.29) is 35.6 Å². The molecule has 0 unspecified atom stereocenters. The zero-order chi connectivity index (χ0) is 25.7. The van der Waals surface area contributed by atoms with Crippen LogP contribution in [-0.4, -0.2) is 0 Å². The summed E-state index contributed by atoms with van der Waals surface area (Å²) < 4.78 is 2.59. The summed E-state index contributed by atoms with van der Waals surface area (Å²) in [5, 5.41) is 0. The van der Waals surface area contributed by atoms with Gasteiger partial charge in [-0.05, 0) is 0 Å². The number of benzene rings is 2. The normalized spacial score (nSPS) is 28.6. The van der Waals surface area contributed by atoms with Crippen LogP contribution in [0.15, 0.2) is 57.4 Å². The molecular formula is C36H44Cl2Zr. The Hall–Kier alpha value is -0.617. The van der Waals surface area contributed by atoms with Crippen molar-refractivity contribution in [3.8, 4) is 11.1 Å². The van der Waals surface area contributed by atoms with E-state index in [9.17, 15) is 0 Å². The average molecular weight is 639 g/mol. The van der Waals surface area contributed by atoms with Gasteiger partial charge < -0.3 is 24.8 Å². The Balaban J connectivity index is 0.00000154. The van der Waals surface area contributed by atoms with E-state index in [1.54, 1.807) is 30.4 Å². The van der Waals surface area contributed by atoms with Gasteiger partial charge in [-0.3, -0.25) is 0 Å². The Morgan fingerprint density at radius 2 is 1.15 bits per heavy atom. The van der Waals surface area contributed by atoms with Gasteiger partial charge in [0.1, 0.15) is 0 Å². The molecule has 0 aliphatic heterocycles. The summed E-state index contributed by atoms with van der Waals surface area (Å²) in [6.07, 6.45) is 15.6. The monoisotopic (exact) mass is 636 g/mol. The van der Waals surface area contributed by atoms with Crippen molar-refractivity contribution in [2.24, 2.45) is 23.2 Å². The van der Waals surface area contributed by atoms with Crippen LogP contribution in [0.5, 0.6) is 0 Å². The summed E-state index contributed by atoms with van der Waals surface area (Å²) >= 11 is -0.868. The number of rotatable bonds is 3. The van der Waals surface area contributed by atoms with Crippen molar-refractivity contribution in [1.29, 1.82) is 0 Å². The molecule has 0 nitrogen and oxygen atoms in total. The molecule has 0 atom stereocenters. The zero-order valence-corrected chi connectivity index (χ0v) is 28.6. The largest absolute Gasteiger partial charge is 1.00 e. The number of hydrogen-bond acceptors (Lipinski definition) is 0. The van der Waals surface area contributed by atoms with Crippen LogP contribution in [0.4, 0.5) is 0 Å². The summed E-state index contributed by atoms with van der Waals surface area (Å²) in [6, 6.07) is 15.0. The molecule has 0 amide bonds. The first kappa shape index (κ1) is 29.9. The van der Waals surface area contributed by atoms with E-state index in [0.29, 0.717) is 9.04 Å². The van der Waals surface area contributed by atoms with Crippen molar-refractivity contribution in [2.45, 2.75) is 101 Å². The van der Waals surface area contributed by atoms with Crippen molar-refractivity contribution in [1.82, 2.24) is 0 Å². The maximum Gasteiger partial charge on any atom is -1.00 e. The first-order valence-electron chi connectivity index (χ1n) is 15.0. The summed E-state index contributed by atoms with van der Waals surface area (Å²) in [6.45, 7) is 14.2. The van der Waals surface area contributed by atoms with Crippen molar-refractivity contribution >= 4 is 0 Å². The Morgan fingerprint density at radius 3 is 1.59 bits per heavy atom. The number of fused-ring (bicyclic) bond motifs is 3. The Morgan fingerprint density at radius 1 is 0.692 bits per heavy atom. The second-order valence-electron chi connectivity index (χ2n) is 15.4. The van der Waals surface area contributed by atoms with Crippen molar-refractivity contribution in [2.75, 3.05) is 0 Å². The van der Waals surface area contributed by atoms with Gasteiger partial charge >= 0.3 is 238 Å². The van der Waals surface area contributed by atoms with Crippen molar-refractivity contribution in [3.05, 3.63) is 79.7 Å². The fourth-order valence-corrected chi connectivity index (χ4v) is 13.7. The molecule has 206 valence electrons. The fraction of sp³-hybridized carbons (Fsp3) is 0.556. The summed E-state index contributed by atoms with van der Waals surface area (Å²) in [5.74, 6) is 3.07. The Kier molecular flexibility index (Phi) is 7.87. The van der Waals surface area contributed by atoms with Gasteiger partial charge in [-0.25, -0.2) is 0 Å². The second kappa shape index (κ2) is 10.3. The summed E-state index contributed by atoms with van der Waals surface area (Å²) in [7, 11) is 0. The molecule has 0 heterocycles. The predicted octanol–water partition coefficient (Wildman–Crippen LogP) is 3.87. The maximum atomic E-state index is 2.64. The number of hydrogen-bond donors (Lipinski definition) is 0. The SMILES string of the molecule is CC(C)(C)c1ccc2c(c1)[CH]([Zr+2][C]1=C(C34CC5CC(CC(C5)C3)C4)C=CC1)c1cc(C(C)(C)C)ccc1-2.[Cl-].[Cl-]. The van der Waals surface area contributed by atoms with Crippen LogP contribution >= 0.6 is 0 Å². The van der Waals surface area contributed by atoms with E-state index >= 15 is 0 Å². The summed E-state index contributed by atoms with van der Waals surface area (Å²) in [5.41, 5.74) is 12.2. The van der Waals surface area contributed by atoms with Gasteiger partial charge in [-0.15, -0.1) is 0 Å². The molecule has 2 aromatic rings. The minimum atomic E-state index is -0.868. The third-order valence-corrected chi connectivity index (χ3v) is 14.9. The minimum Gasteiger partial charge on any atom is -1.00 e. The zero-order valence-electron chi connectivity index (χ0n) is 24.6. The number of allylic oxidation sites excluding steroid dienone is 4. The fourth-order valence-electron chi connectivity index (χ4n) is 9.10. The van der Waals surface area contributed by atoms with Gasteiger partial charge in [0.05, 0.1) is 0 Å². The second-order valence-corrected chi connectivity index (χ2v) is 19.0. The van der Waals surface area contributed by atoms with E-state index in [0.717, 1.165) is 17.8 Å². The molecule has 8 rings (SSSR count). The molecule has 0 radical (unpaired) electrons. The molecule has 6 aliphatic rings. The van der Waals surface area contributed by atoms with Crippen LogP contribution < -0.4 is 24.8 Å². The first-order chi connectivity index (χ1) is 17.5. The molecular weight excluding hydrogens is 595 g/mol. The molecule has 2 aromatic carbocycles. The van der Waals surface area contributed by atoms with Crippen molar-refractivity contribution < 1.29 is 48.0 Å². The van der Waals surface area contributed by atoms with E-state index in [1.165, 1.54) is 47.9 Å². The number of halogens is 2. The van der Waals surface area contributed by atoms with Gasteiger partial charge in [0, 0.05) is 0 Å². The van der Waals surface area contributed by atoms with Crippen LogP contribution in [0.1, 0.15) is 112 Å². The third-order valence-electron chi connectivity index (χ3n) is 10.6. The van der Waals surface area contributed by atoms with Gasteiger partial charge in [0.15, 0.2) is 0 Å². The third kappa shape index (κ3) is 5.04. The quantitative estimate of drug-likeness (QED) is 0.479. The van der Waals surface area contributed by atoms with Crippen LogP contribution in [0.25, 0.3) is 11.1 Å². The van der Waals surface area contributed by atoms with E-state index in [4.69, 9.17) is 0 Å². The van der Waals surface area contributed by atoms with Crippen LogP contribution in [0.2, 0.25) is 0 Å². The van der Waals surface area contributed by atoms with Gasteiger partial charge in [0.25, 0.3) is 0 Å². The minimum absolute atomic E-state index is 0. The molecule has 6 aliphatic carbocycles. The molecule has 0 aromatic heterocycles. The smallest absolute Gasteiger partial charge is 1.00 e.